The van der Waals surface area contributed by atoms with Crippen LogP contribution in [0.3, 0.4) is 0 Å². The highest BCUT2D eigenvalue weighted by atomic mass is 32.1. The minimum Gasteiger partial charge on any atom is -0.494 e. The number of carbonyl (C=O) groups excluding carboxylic acids is 3. The summed E-state index contributed by atoms with van der Waals surface area (Å²) in [5, 5.41) is 1.94. The number of rotatable bonds is 10. The van der Waals surface area contributed by atoms with E-state index in [1.165, 1.54) is 4.90 Å². The fourth-order valence-corrected chi connectivity index (χ4v) is 3.07. The van der Waals surface area contributed by atoms with E-state index in [1.807, 2.05) is 24.4 Å². The summed E-state index contributed by atoms with van der Waals surface area (Å²) in [5.74, 6) is -0.309. The molecule has 2 aromatic rings. The fraction of sp³-hybridized carbons (Fsp3) is 0.350. The SMILES string of the molecule is CCOc1ccc(C(=O)CCC(=O)OCC(=O)N(C)Cc2cccs2)cc1. The van der Waals surface area contributed by atoms with Crippen molar-refractivity contribution in [3.8, 4) is 5.75 Å². The summed E-state index contributed by atoms with van der Waals surface area (Å²) in [7, 11) is 1.66. The third kappa shape index (κ3) is 6.86. The van der Waals surface area contributed by atoms with E-state index >= 15 is 0 Å². The standard InChI is InChI=1S/C20H23NO5S/c1-3-25-16-8-6-15(7-9-16)18(22)10-11-20(24)26-14-19(23)21(2)13-17-5-4-12-27-17/h4-9,12H,3,10-11,13-14H2,1-2H3. The van der Waals surface area contributed by atoms with Crippen molar-refractivity contribution in [3.63, 3.8) is 0 Å². The van der Waals surface area contributed by atoms with Crippen LogP contribution < -0.4 is 4.74 Å². The summed E-state index contributed by atoms with van der Waals surface area (Å²) in [5.41, 5.74) is 0.512. The van der Waals surface area contributed by atoms with Gasteiger partial charge in [-0.3, -0.25) is 14.4 Å². The molecule has 0 spiro atoms. The summed E-state index contributed by atoms with van der Waals surface area (Å²) in [6.07, 6.45) is -0.0278. The number of likely N-dealkylation sites (N-methyl/N-ethyl adjacent to an activating group) is 1. The van der Waals surface area contributed by atoms with Crippen LogP contribution in [0.2, 0.25) is 0 Å². The molecule has 0 aliphatic carbocycles. The molecule has 0 aliphatic rings. The second kappa shape index (κ2) is 10.5. The van der Waals surface area contributed by atoms with Crippen LogP contribution >= 0.6 is 11.3 Å². The first-order valence-corrected chi connectivity index (χ1v) is 9.55. The Morgan fingerprint density at radius 1 is 1.07 bits per heavy atom. The first kappa shape index (κ1) is 20.6. The smallest absolute Gasteiger partial charge is 0.306 e. The number of amides is 1. The zero-order valence-electron chi connectivity index (χ0n) is 15.5. The molecule has 0 fully saturated rings. The van der Waals surface area contributed by atoms with Crippen LogP contribution in [-0.2, 0) is 20.9 Å². The van der Waals surface area contributed by atoms with E-state index in [4.69, 9.17) is 9.47 Å². The third-order valence-electron chi connectivity index (χ3n) is 3.80. The minimum atomic E-state index is -0.563. The molecular weight excluding hydrogens is 366 g/mol. The second-order valence-corrected chi connectivity index (χ2v) is 6.90. The molecule has 0 saturated carbocycles. The van der Waals surface area contributed by atoms with Crippen LogP contribution in [0.5, 0.6) is 5.75 Å². The predicted molar refractivity (Wildman–Crippen MR) is 103 cm³/mol. The summed E-state index contributed by atoms with van der Waals surface area (Å²) in [6.45, 7) is 2.60. The van der Waals surface area contributed by atoms with Gasteiger partial charge in [0.05, 0.1) is 19.6 Å². The van der Waals surface area contributed by atoms with Crippen LogP contribution in [0.1, 0.15) is 35.0 Å². The highest BCUT2D eigenvalue weighted by molar-refractivity contribution is 7.09. The van der Waals surface area contributed by atoms with Crippen LogP contribution in [-0.4, -0.2) is 42.8 Å². The lowest BCUT2D eigenvalue weighted by Crippen LogP contribution is -2.30. The highest BCUT2D eigenvalue weighted by Gasteiger charge is 2.14. The van der Waals surface area contributed by atoms with E-state index in [1.54, 1.807) is 42.6 Å². The molecule has 27 heavy (non-hydrogen) atoms. The third-order valence-corrected chi connectivity index (χ3v) is 4.66. The number of carbonyl (C=O) groups is 3. The number of ketones is 1. The Labute approximate surface area is 162 Å². The van der Waals surface area contributed by atoms with Crippen LogP contribution in [0.4, 0.5) is 0 Å². The summed E-state index contributed by atoms with van der Waals surface area (Å²) in [6, 6.07) is 10.6. The Morgan fingerprint density at radius 2 is 1.81 bits per heavy atom. The number of benzene rings is 1. The van der Waals surface area contributed by atoms with Gasteiger partial charge in [0, 0.05) is 23.9 Å². The van der Waals surface area contributed by atoms with Crippen molar-refractivity contribution in [2.24, 2.45) is 0 Å². The van der Waals surface area contributed by atoms with Gasteiger partial charge in [0.25, 0.3) is 5.91 Å². The monoisotopic (exact) mass is 389 g/mol. The number of hydrogen-bond acceptors (Lipinski definition) is 6. The van der Waals surface area contributed by atoms with Crippen molar-refractivity contribution in [3.05, 3.63) is 52.2 Å². The molecule has 2 rings (SSSR count). The van der Waals surface area contributed by atoms with Gasteiger partial charge in [0.15, 0.2) is 12.4 Å². The normalized spacial score (nSPS) is 10.3. The lowest BCUT2D eigenvalue weighted by atomic mass is 10.1. The number of nitrogens with zero attached hydrogens (tertiary/aromatic N) is 1. The second-order valence-electron chi connectivity index (χ2n) is 5.87. The molecule has 6 nitrogen and oxygen atoms in total. The van der Waals surface area contributed by atoms with Gasteiger partial charge < -0.3 is 14.4 Å². The topological polar surface area (TPSA) is 72.9 Å². The quantitative estimate of drug-likeness (QED) is 0.460. The Bertz CT molecular complexity index is 755. The van der Waals surface area contributed by atoms with E-state index in [9.17, 15) is 14.4 Å². The van der Waals surface area contributed by atoms with Crippen LogP contribution in [0.15, 0.2) is 41.8 Å². The average molecular weight is 389 g/mol. The van der Waals surface area contributed by atoms with Gasteiger partial charge in [0.2, 0.25) is 0 Å². The number of esters is 1. The largest absolute Gasteiger partial charge is 0.494 e. The first-order chi connectivity index (χ1) is 13.0. The minimum absolute atomic E-state index is 0.0338. The molecule has 7 heteroatoms. The van der Waals surface area contributed by atoms with E-state index in [0.717, 1.165) is 4.88 Å². The number of ether oxygens (including phenoxy) is 2. The molecule has 1 amide bonds. The van der Waals surface area contributed by atoms with Crippen molar-refractivity contribution >= 4 is 29.0 Å². The van der Waals surface area contributed by atoms with Crippen LogP contribution in [0.25, 0.3) is 0 Å². The van der Waals surface area contributed by atoms with E-state index in [-0.39, 0.29) is 31.1 Å². The average Bonchev–Trinajstić information content (AvgIpc) is 3.18. The zero-order chi connectivity index (χ0) is 19.6. The van der Waals surface area contributed by atoms with E-state index in [2.05, 4.69) is 0 Å². The van der Waals surface area contributed by atoms with Crippen molar-refractivity contribution < 1.29 is 23.9 Å². The molecule has 0 aliphatic heterocycles. The Morgan fingerprint density at radius 3 is 2.44 bits per heavy atom. The van der Waals surface area contributed by atoms with Gasteiger partial charge >= 0.3 is 5.97 Å². The molecule has 0 N–H and O–H groups in total. The van der Waals surface area contributed by atoms with E-state index in [0.29, 0.717) is 24.5 Å². The maximum Gasteiger partial charge on any atom is 0.306 e. The van der Waals surface area contributed by atoms with Gasteiger partial charge in [-0.05, 0) is 42.6 Å². The summed E-state index contributed by atoms with van der Waals surface area (Å²) < 4.78 is 10.3. The first-order valence-electron chi connectivity index (χ1n) is 8.67. The van der Waals surface area contributed by atoms with Gasteiger partial charge in [0.1, 0.15) is 5.75 Å². The maximum atomic E-state index is 12.1. The zero-order valence-corrected chi connectivity index (χ0v) is 16.3. The number of thiophene rings is 1. The van der Waals surface area contributed by atoms with Crippen LogP contribution in [0, 0.1) is 0 Å². The number of Topliss-reactive ketones (excluding diaryl/α,β-unsaturated/α-hetero) is 1. The number of hydrogen-bond donors (Lipinski definition) is 0. The maximum absolute atomic E-state index is 12.1. The van der Waals surface area contributed by atoms with Gasteiger partial charge in [-0.25, -0.2) is 0 Å². The van der Waals surface area contributed by atoms with Crippen molar-refractivity contribution in [2.45, 2.75) is 26.3 Å². The lowest BCUT2D eigenvalue weighted by molar-refractivity contribution is -0.151. The van der Waals surface area contributed by atoms with Crippen molar-refractivity contribution in [2.75, 3.05) is 20.3 Å². The van der Waals surface area contributed by atoms with E-state index < -0.39 is 5.97 Å². The Balaban J connectivity index is 1.70. The van der Waals surface area contributed by atoms with Crippen molar-refractivity contribution in [1.82, 2.24) is 4.90 Å². The molecule has 1 heterocycles. The Hall–Kier alpha value is -2.67. The molecule has 0 unspecified atom stereocenters. The molecular formula is C20H23NO5S. The fourth-order valence-electron chi connectivity index (χ4n) is 2.31. The Kier molecular flexibility index (Phi) is 8.00. The predicted octanol–water partition coefficient (Wildman–Crippen LogP) is 3.31. The molecule has 0 radical (unpaired) electrons. The lowest BCUT2D eigenvalue weighted by Gasteiger charge is -2.16. The molecule has 1 aromatic carbocycles. The molecule has 0 bridgehead atoms. The molecule has 0 atom stereocenters. The van der Waals surface area contributed by atoms with Gasteiger partial charge in [-0.1, -0.05) is 6.07 Å². The summed E-state index contributed by atoms with van der Waals surface area (Å²) >= 11 is 1.56. The summed E-state index contributed by atoms with van der Waals surface area (Å²) in [4.78, 5) is 38.5. The molecule has 1 aromatic heterocycles. The highest BCUT2D eigenvalue weighted by Crippen LogP contribution is 2.14. The van der Waals surface area contributed by atoms with Crippen molar-refractivity contribution in [1.29, 1.82) is 0 Å². The van der Waals surface area contributed by atoms with Gasteiger partial charge in [-0.15, -0.1) is 11.3 Å². The van der Waals surface area contributed by atoms with Gasteiger partial charge in [-0.2, -0.15) is 0 Å². The molecule has 0 saturated heterocycles. The molecule has 144 valence electrons.